The predicted molar refractivity (Wildman–Crippen MR) is 110 cm³/mol. The summed E-state index contributed by atoms with van der Waals surface area (Å²) in [7, 11) is 0. The lowest BCUT2D eigenvalue weighted by Gasteiger charge is -2.19. The number of benzene rings is 3. The molecule has 0 aromatic heterocycles. The molecule has 0 saturated heterocycles. The summed E-state index contributed by atoms with van der Waals surface area (Å²) in [5.74, 6) is -7.02. The predicted octanol–water partition coefficient (Wildman–Crippen LogP) is 5.04. The monoisotopic (exact) mass is 478 g/mol. The number of rotatable bonds is 5. The largest absolute Gasteiger partial charge is 0.348 e. The van der Waals surface area contributed by atoms with Crippen LogP contribution in [-0.4, -0.2) is 11.8 Å². The van der Waals surface area contributed by atoms with Crippen LogP contribution in [0.2, 0.25) is 0 Å². The number of alkyl halides is 1. The number of anilines is 1. The second kappa shape index (κ2) is 8.51. The second-order valence-corrected chi connectivity index (χ2v) is 7.93. The Bertz CT molecular complexity index is 1280. The number of carbonyl (C=O) groups is 2. The zero-order valence-corrected chi connectivity index (χ0v) is 17.6. The van der Waals surface area contributed by atoms with Gasteiger partial charge in [0.25, 0.3) is 11.8 Å². The Hall–Kier alpha value is -3.82. The molecule has 1 N–H and O–H groups in total. The second-order valence-electron chi connectivity index (χ2n) is 7.93. The zero-order chi connectivity index (χ0) is 24.8. The van der Waals surface area contributed by atoms with E-state index in [9.17, 15) is 31.5 Å². The summed E-state index contributed by atoms with van der Waals surface area (Å²) in [5, 5.41) is 2.28. The average molecular weight is 478 g/mol. The highest BCUT2D eigenvalue weighted by atomic mass is 19.2. The Kier molecular flexibility index (Phi) is 5.84. The summed E-state index contributed by atoms with van der Waals surface area (Å²) >= 11 is 0. The number of fused-ring (bicyclic) bond motifs is 1. The lowest BCUT2D eigenvalue weighted by Crippen LogP contribution is -2.35. The highest BCUT2D eigenvalue weighted by molar-refractivity contribution is 6.08. The highest BCUT2D eigenvalue weighted by Crippen LogP contribution is 2.44. The number of nitrogens with zero attached hydrogens (tertiary/aromatic N) is 1. The maximum atomic E-state index is 15.2. The van der Waals surface area contributed by atoms with Crippen LogP contribution in [0.3, 0.4) is 0 Å². The molecule has 1 atom stereocenters. The first-order chi connectivity index (χ1) is 16.0. The van der Waals surface area contributed by atoms with Gasteiger partial charge in [-0.1, -0.05) is 6.07 Å². The Balaban J connectivity index is 1.61. The van der Waals surface area contributed by atoms with Gasteiger partial charge in [0.1, 0.15) is 29.1 Å². The van der Waals surface area contributed by atoms with Gasteiger partial charge in [-0.25, -0.2) is 26.3 Å². The molecule has 3 aromatic carbocycles. The van der Waals surface area contributed by atoms with E-state index in [-0.39, 0.29) is 28.9 Å². The Morgan fingerprint density at radius 2 is 1.50 bits per heavy atom. The Morgan fingerprint density at radius 3 is 2.12 bits per heavy atom. The van der Waals surface area contributed by atoms with Crippen molar-refractivity contribution < 1.29 is 35.9 Å². The van der Waals surface area contributed by atoms with E-state index in [2.05, 4.69) is 5.32 Å². The molecule has 0 spiro atoms. The maximum absolute atomic E-state index is 15.2. The topological polar surface area (TPSA) is 49.4 Å². The van der Waals surface area contributed by atoms with Crippen molar-refractivity contribution in [1.29, 1.82) is 0 Å². The minimum Gasteiger partial charge on any atom is -0.348 e. The van der Waals surface area contributed by atoms with E-state index in [1.807, 2.05) is 0 Å². The van der Waals surface area contributed by atoms with E-state index >= 15 is 4.39 Å². The van der Waals surface area contributed by atoms with Crippen molar-refractivity contribution in [3.63, 3.8) is 0 Å². The number of hydrogen-bond donors (Lipinski definition) is 1. The fraction of sp³-hybridized carbons (Fsp3) is 0.167. The van der Waals surface area contributed by atoms with Crippen LogP contribution in [-0.2, 0) is 23.6 Å². The molecule has 34 heavy (non-hydrogen) atoms. The van der Waals surface area contributed by atoms with E-state index in [1.54, 1.807) is 0 Å². The van der Waals surface area contributed by atoms with Gasteiger partial charge in [0.05, 0.1) is 12.2 Å². The summed E-state index contributed by atoms with van der Waals surface area (Å²) in [6, 6.07) is 7.22. The number of hydrogen-bond acceptors (Lipinski definition) is 2. The first-order valence-electron chi connectivity index (χ1n) is 9.99. The summed E-state index contributed by atoms with van der Waals surface area (Å²) in [6.07, 6.45) is 0. The van der Waals surface area contributed by atoms with Gasteiger partial charge in [-0.2, -0.15) is 0 Å². The number of nitrogens with one attached hydrogen (secondary N) is 1. The van der Waals surface area contributed by atoms with E-state index in [1.165, 1.54) is 18.2 Å². The Morgan fingerprint density at radius 1 is 0.912 bits per heavy atom. The molecule has 1 heterocycles. The van der Waals surface area contributed by atoms with Crippen molar-refractivity contribution in [1.82, 2.24) is 5.32 Å². The van der Waals surface area contributed by atoms with Gasteiger partial charge in [-0.05, 0) is 36.8 Å². The van der Waals surface area contributed by atoms with Crippen LogP contribution in [0.15, 0.2) is 48.5 Å². The van der Waals surface area contributed by atoms with Gasteiger partial charge >= 0.3 is 0 Å². The van der Waals surface area contributed by atoms with E-state index < -0.39 is 58.7 Å². The van der Waals surface area contributed by atoms with Crippen molar-refractivity contribution >= 4 is 17.5 Å². The van der Waals surface area contributed by atoms with Crippen LogP contribution < -0.4 is 10.2 Å². The molecule has 0 fully saturated rings. The molecule has 3 aromatic rings. The molecule has 1 unspecified atom stereocenters. The Labute approximate surface area is 189 Å². The molecule has 4 nitrogen and oxygen atoms in total. The van der Waals surface area contributed by atoms with Crippen molar-refractivity contribution in [3.8, 4) is 0 Å². The number of amides is 2. The normalized spacial score (nSPS) is 17.1. The van der Waals surface area contributed by atoms with Crippen LogP contribution in [0.4, 0.5) is 32.0 Å². The summed E-state index contributed by atoms with van der Waals surface area (Å²) in [4.78, 5) is 26.2. The van der Waals surface area contributed by atoms with Crippen LogP contribution in [0.25, 0.3) is 0 Å². The maximum Gasteiger partial charge on any atom is 0.269 e. The molecule has 0 radical (unpaired) electrons. The third kappa shape index (κ3) is 4.23. The fourth-order valence-electron chi connectivity index (χ4n) is 3.82. The van der Waals surface area contributed by atoms with Crippen molar-refractivity contribution in [2.75, 3.05) is 4.90 Å². The van der Waals surface area contributed by atoms with E-state index in [0.29, 0.717) is 18.2 Å². The fourth-order valence-corrected chi connectivity index (χ4v) is 3.82. The average Bonchev–Trinajstić information content (AvgIpc) is 2.92. The highest BCUT2D eigenvalue weighted by Gasteiger charge is 2.48. The van der Waals surface area contributed by atoms with Gasteiger partial charge in [0, 0.05) is 41.4 Å². The van der Waals surface area contributed by atoms with E-state index in [4.69, 9.17) is 0 Å². The van der Waals surface area contributed by atoms with Crippen LogP contribution in [0.5, 0.6) is 0 Å². The third-order valence-corrected chi connectivity index (χ3v) is 5.50. The number of halogens is 6. The lowest BCUT2D eigenvalue weighted by molar-refractivity contribution is -0.128. The first kappa shape index (κ1) is 23.3. The van der Waals surface area contributed by atoms with Crippen LogP contribution in [0, 0.1) is 29.1 Å². The lowest BCUT2D eigenvalue weighted by atomic mass is 9.98. The molecule has 4 rings (SSSR count). The van der Waals surface area contributed by atoms with Gasteiger partial charge < -0.3 is 10.2 Å². The zero-order valence-electron chi connectivity index (χ0n) is 17.6. The summed E-state index contributed by atoms with van der Waals surface area (Å²) in [6.45, 7) is 0.0666. The molecule has 1 aliphatic heterocycles. The summed E-state index contributed by atoms with van der Waals surface area (Å²) < 4.78 is 83.0. The molecule has 0 bridgehead atoms. The molecule has 1 aliphatic rings. The van der Waals surface area contributed by atoms with Crippen LogP contribution in [0.1, 0.15) is 34.0 Å². The third-order valence-electron chi connectivity index (χ3n) is 5.50. The smallest absolute Gasteiger partial charge is 0.269 e. The molecule has 176 valence electrons. The molecular weight excluding hydrogens is 462 g/mol. The number of carbonyl (C=O) groups excluding carboxylic acids is 2. The molecule has 0 aliphatic carbocycles. The molecular formula is C24H16F6N2O2. The minimum absolute atomic E-state index is 0.00598. The van der Waals surface area contributed by atoms with Crippen molar-refractivity contribution in [3.05, 3.63) is 99.9 Å². The first-order valence-corrected chi connectivity index (χ1v) is 9.99. The molecule has 0 saturated carbocycles. The standard InChI is InChI=1S/C24H16F6N2O2/c1-24(30)18-3-2-13(22(33)31-10-17-19(28)8-16(27)9-20(17)29)6-21(18)32(23(24)34)11-12-4-14(25)7-15(26)5-12/h2-9H,10-11H2,1H3,(H,31,33). The quantitative estimate of drug-likeness (QED) is 0.523. The van der Waals surface area contributed by atoms with Crippen LogP contribution >= 0.6 is 0 Å². The van der Waals surface area contributed by atoms with Crippen molar-refractivity contribution in [2.45, 2.75) is 25.7 Å². The van der Waals surface area contributed by atoms with Gasteiger partial charge in [0.2, 0.25) is 5.67 Å². The molecule has 10 heteroatoms. The SMILES string of the molecule is CC1(F)C(=O)N(Cc2cc(F)cc(F)c2)c2cc(C(=O)NCc3c(F)cc(F)cc3F)ccc21. The summed E-state index contributed by atoms with van der Waals surface area (Å²) in [5.41, 5.74) is -3.06. The molecule has 2 amide bonds. The van der Waals surface area contributed by atoms with Gasteiger partial charge in [-0.3, -0.25) is 9.59 Å². The van der Waals surface area contributed by atoms with Gasteiger partial charge in [-0.15, -0.1) is 0 Å². The van der Waals surface area contributed by atoms with Crippen molar-refractivity contribution in [2.24, 2.45) is 0 Å². The van der Waals surface area contributed by atoms with E-state index in [0.717, 1.165) is 24.0 Å². The van der Waals surface area contributed by atoms with Gasteiger partial charge in [0.15, 0.2) is 0 Å². The minimum atomic E-state index is -2.45.